The molecule has 0 unspecified atom stereocenters. The molecule has 1 aliphatic rings. The van der Waals surface area contributed by atoms with Gasteiger partial charge in [0.1, 0.15) is 5.01 Å². The van der Waals surface area contributed by atoms with Gasteiger partial charge in [-0.25, -0.2) is 4.98 Å². The molecule has 2 heterocycles. The summed E-state index contributed by atoms with van der Waals surface area (Å²) in [5.74, 6) is 0. The lowest BCUT2D eigenvalue weighted by molar-refractivity contribution is 0.126. The predicted octanol–water partition coefficient (Wildman–Crippen LogP) is 2.72. The van der Waals surface area contributed by atoms with Crippen LogP contribution in [0, 0.1) is 11.3 Å². The lowest BCUT2D eigenvalue weighted by Gasteiger charge is -2.34. The van der Waals surface area contributed by atoms with Gasteiger partial charge in [-0.3, -0.25) is 4.90 Å². The fourth-order valence-electron chi connectivity index (χ4n) is 2.73. The molecule has 21 heavy (non-hydrogen) atoms. The molecule has 0 spiro atoms. The van der Waals surface area contributed by atoms with Gasteiger partial charge < -0.3 is 4.90 Å². The summed E-state index contributed by atoms with van der Waals surface area (Å²) in [6, 6.07) is 10.6. The summed E-state index contributed by atoms with van der Waals surface area (Å²) in [5.41, 5.74) is 1.12. The second kappa shape index (κ2) is 6.99. The Morgan fingerprint density at radius 2 is 1.90 bits per heavy atom. The normalized spacial score (nSPS) is 17.1. The molecule has 3 rings (SSSR count). The van der Waals surface area contributed by atoms with Gasteiger partial charge in [0.15, 0.2) is 0 Å². The molecule has 0 saturated carbocycles. The standard InChI is InChI=1S/C16H20N4S/c17-7-3-4-8-19-9-11-20(12-10-19)13-16-18-14-5-1-2-6-15(14)21-16/h1-2,5-6H,3-4,8-13H2. The molecule has 1 saturated heterocycles. The van der Waals surface area contributed by atoms with Gasteiger partial charge in [-0.15, -0.1) is 11.3 Å². The summed E-state index contributed by atoms with van der Waals surface area (Å²) in [7, 11) is 0. The van der Waals surface area contributed by atoms with Crippen molar-refractivity contribution < 1.29 is 0 Å². The van der Waals surface area contributed by atoms with Crippen LogP contribution in [-0.2, 0) is 6.54 Å². The SMILES string of the molecule is N#CCCCN1CCN(Cc2nc3ccccc3s2)CC1. The number of hydrogen-bond donors (Lipinski definition) is 0. The quantitative estimate of drug-likeness (QED) is 0.796. The number of aromatic nitrogens is 1. The molecule has 0 N–H and O–H groups in total. The summed E-state index contributed by atoms with van der Waals surface area (Å²) in [6.45, 7) is 6.44. The second-order valence-corrected chi connectivity index (χ2v) is 6.57. The highest BCUT2D eigenvalue weighted by molar-refractivity contribution is 7.18. The van der Waals surface area contributed by atoms with E-state index in [9.17, 15) is 0 Å². The largest absolute Gasteiger partial charge is 0.301 e. The van der Waals surface area contributed by atoms with Crippen LogP contribution in [0.25, 0.3) is 10.2 Å². The molecule has 5 heteroatoms. The van der Waals surface area contributed by atoms with Crippen LogP contribution < -0.4 is 0 Å². The third kappa shape index (κ3) is 3.79. The minimum absolute atomic E-state index is 0.673. The van der Waals surface area contributed by atoms with Gasteiger partial charge in [0.25, 0.3) is 0 Å². The van der Waals surface area contributed by atoms with Crippen molar-refractivity contribution in [2.45, 2.75) is 19.4 Å². The van der Waals surface area contributed by atoms with Crippen molar-refractivity contribution in [2.75, 3.05) is 32.7 Å². The van der Waals surface area contributed by atoms with Crippen molar-refractivity contribution in [3.05, 3.63) is 29.3 Å². The first-order valence-corrected chi connectivity index (χ1v) is 8.33. The van der Waals surface area contributed by atoms with E-state index in [0.717, 1.165) is 51.2 Å². The lowest BCUT2D eigenvalue weighted by atomic mass is 10.2. The number of para-hydroxylation sites is 1. The van der Waals surface area contributed by atoms with Gasteiger partial charge in [-0.1, -0.05) is 12.1 Å². The molecular weight excluding hydrogens is 280 g/mol. The smallest absolute Gasteiger partial charge is 0.108 e. The van der Waals surface area contributed by atoms with E-state index in [4.69, 9.17) is 10.2 Å². The Bertz CT molecular complexity index is 589. The summed E-state index contributed by atoms with van der Waals surface area (Å²) in [6.07, 6.45) is 1.67. The number of thiazole rings is 1. The Kier molecular flexibility index (Phi) is 4.81. The second-order valence-electron chi connectivity index (χ2n) is 5.45. The van der Waals surface area contributed by atoms with E-state index in [1.807, 2.05) is 6.07 Å². The van der Waals surface area contributed by atoms with Crippen molar-refractivity contribution in [2.24, 2.45) is 0 Å². The van der Waals surface area contributed by atoms with Crippen molar-refractivity contribution in [1.29, 1.82) is 5.26 Å². The highest BCUT2D eigenvalue weighted by Gasteiger charge is 2.17. The molecule has 1 fully saturated rings. The molecular formula is C16H20N4S. The predicted molar refractivity (Wildman–Crippen MR) is 86.2 cm³/mol. The summed E-state index contributed by atoms with van der Waals surface area (Å²) in [5, 5.41) is 9.80. The summed E-state index contributed by atoms with van der Waals surface area (Å²) in [4.78, 5) is 9.66. The highest BCUT2D eigenvalue weighted by Crippen LogP contribution is 2.22. The Morgan fingerprint density at radius 1 is 1.14 bits per heavy atom. The van der Waals surface area contributed by atoms with E-state index < -0.39 is 0 Å². The minimum Gasteiger partial charge on any atom is -0.301 e. The van der Waals surface area contributed by atoms with E-state index in [1.165, 1.54) is 9.71 Å². The molecule has 0 amide bonds. The van der Waals surface area contributed by atoms with Crippen LogP contribution in [0.2, 0.25) is 0 Å². The number of nitrogens with zero attached hydrogens (tertiary/aromatic N) is 4. The third-order valence-corrected chi connectivity index (χ3v) is 4.95. The molecule has 2 aromatic rings. The van der Waals surface area contributed by atoms with Crippen LogP contribution in [0.15, 0.2) is 24.3 Å². The first-order chi connectivity index (χ1) is 10.3. The first kappa shape index (κ1) is 14.5. The lowest BCUT2D eigenvalue weighted by Crippen LogP contribution is -2.46. The number of piperazine rings is 1. The summed E-state index contributed by atoms with van der Waals surface area (Å²) < 4.78 is 1.28. The number of fused-ring (bicyclic) bond motifs is 1. The van der Waals surface area contributed by atoms with Crippen molar-refractivity contribution >= 4 is 21.6 Å². The Hall–Kier alpha value is -1.48. The summed E-state index contributed by atoms with van der Waals surface area (Å²) >= 11 is 1.81. The first-order valence-electron chi connectivity index (χ1n) is 7.51. The topological polar surface area (TPSA) is 43.2 Å². The van der Waals surface area contributed by atoms with Gasteiger partial charge >= 0.3 is 0 Å². The highest BCUT2D eigenvalue weighted by atomic mass is 32.1. The van der Waals surface area contributed by atoms with Crippen LogP contribution in [0.5, 0.6) is 0 Å². The number of unbranched alkanes of at least 4 members (excludes halogenated alkanes) is 1. The van der Waals surface area contributed by atoms with Crippen LogP contribution >= 0.6 is 11.3 Å². The van der Waals surface area contributed by atoms with E-state index >= 15 is 0 Å². The molecule has 1 aromatic heterocycles. The Labute approximate surface area is 129 Å². The fraction of sp³-hybridized carbons (Fsp3) is 0.500. The average molecular weight is 300 g/mol. The molecule has 4 nitrogen and oxygen atoms in total. The molecule has 1 aliphatic heterocycles. The van der Waals surface area contributed by atoms with Gasteiger partial charge in [0.05, 0.1) is 22.8 Å². The van der Waals surface area contributed by atoms with Crippen molar-refractivity contribution in [1.82, 2.24) is 14.8 Å². The number of benzene rings is 1. The van der Waals surface area contributed by atoms with Crippen LogP contribution in [-0.4, -0.2) is 47.5 Å². The van der Waals surface area contributed by atoms with E-state index in [0.29, 0.717) is 6.42 Å². The zero-order valence-electron chi connectivity index (χ0n) is 12.2. The van der Waals surface area contributed by atoms with Crippen LogP contribution in [0.4, 0.5) is 0 Å². The van der Waals surface area contributed by atoms with Crippen molar-refractivity contribution in [3.63, 3.8) is 0 Å². The van der Waals surface area contributed by atoms with Crippen molar-refractivity contribution in [3.8, 4) is 6.07 Å². The molecule has 0 atom stereocenters. The molecule has 0 radical (unpaired) electrons. The maximum Gasteiger partial charge on any atom is 0.108 e. The van der Waals surface area contributed by atoms with Gasteiger partial charge in [-0.05, 0) is 25.1 Å². The van der Waals surface area contributed by atoms with Crippen LogP contribution in [0.1, 0.15) is 17.8 Å². The maximum atomic E-state index is 8.58. The fourth-order valence-corrected chi connectivity index (χ4v) is 3.74. The maximum absolute atomic E-state index is 8.58. The van der Waals surface area contributed by atoms with E-state index in [1.54, 1.807) is 11.3 Å². The zero-order valence-corrected chi connectivity index (χ0v) is 13.0. The van der Waals surface area contributed by atoms with Gasteiger partial charge in [0, 0.05) is 32.6 Å². The van der Waals surface area contributed by atoms with E-state index in [2.05, 4.69) is 34.1 Å². The van der Waals surface area contributed by atoms with Gasteiger partial charge in [-0.2, -0.15) is 5.26 Å². The average Bonchev–Trinajstić information content (AvgIpc) is 2.91. The number of rotatable bonds is 5. The van der Waals surface area contributed by atoms with E-state index in [-0.39, 0.29) is 0 Å². The molecule has 1 aromatic carbocycles. The zero-order chi connectivity index (χ0) is 14.5. The third-order valence-electron chi connectivity index (χ3n) is 3.92. The van der Waals surface area contributed by atoms with Gasteiger partial charge in [0.2, 0.25) is 0 Å². The Morgan fingerprint density at radius 3 is 2.67 bits per heavy atom. The Balaban J connectivity index is 1.50. The monoisotopic (exact) mass is 300 g/mol. The number of nitriles is 1. The minimum atomic E-state index is 0.673. The molecule has 0 bridgehead atoms. The van der Waals surface area contributed by atoms with Crippen LogP contribution in [0.3, 0.4) is 0 Å². The number of hydrogen-bond acceptors (Lipinski definition) is 5. The molecule has 0 aliphatic carbocycles. The molecule has 110 valence electrons.